The van der Waals surface area contributed by atoms with E-state index in [-0.39, 0.29) is 11.2 Å². The number of rotatable bonds is 2. The summed E-state index contributed by atoms with van der Waals surface area (Å²) in [5.74, 6) is 0.0856. The molecule has 0 bridgehead atoms. The lowest BCUT2D eigenvalue weighted by molar-refractivity contribution is -0.118. The number of pyridine rings is 1. The lowest BCUT2D eigenvalue weighted by Crippen LogP contribution is -2.42. The first kappa shape index (κ1) is 18.5. The molecule has 0 saturated carbocycles. The maximum Gasteiger partial charge on any atom is 0.162 e. The normalized spacial score (nSPS) is 21.6. The highest BCUT2D eigenvalue weighted by molar-refractivity contribution is 7.12. The van der Waals surface area contributed by atoms with Gasteiger partial charge in [-0.2, -0.15) is 5.26 Å². The summed E-state index contributed by atoms with van der Waals surface area (Å²) < 4.78 is 0. The average Bonchev–Trinajstić information content (AvgIpc) is 3.06. The van der Waals surface area contributed by atoms with Crippen LogP contribution in [0.5, 0.6) is 0 Å². The van der Waals surface area contributed by atoms with Gasteiger partial charge in [0.2, 0.25) is 0 Å². The van der Waals surface area contributed by atoms with Crippen LogP contribution in [0, 0.1) is 23.7 Å². The average molecular weight is 391 g/mol. The first-order chi connectivity index (χ1) is 13.3. The monoisotopic (exact) mass is 390 g/mol. The van der Waals surface area contributed by atoms with Gasteiger partial charge in [-0.1, -0.05) is 13.8 Å². The van der Waals surface area contributed by atoms with Gasteiger partial charge in [-0.25, -0.2) is 0 Å². The van der Waals surface area contributed by atoms with Crippen molar-refractivity contribution in [1.82, 2.24) is 4.98 Å². The van der Waals surface area contributed by atoms with Crippen LogP contribution in [0.25, 0.3) is 0 Å². The summed E-state index contributed by atoms with van der Waals surface area (Å²) >= 11 is 1.61. The standard InChI is InChI=1S/C22H22N4OS/c1-13-6-7-18(28-13)19-15(11-23)21(24)26(14-5-4-8-25-12-14)16-9-22(2,3)10-17(27)20(16)19/h4-8,12,19H,9-10,24H2,1-3H3/t19-/m1/s1. The Balaban J connectivity index is 2.00. The third-order valence-corrected chi connectivity index (χ3v) is 6.40. The van der Waals surface area contributed by atoms with E-state index in [1.807, 2.05) is 36.1 Å². The molecule has 0 saturated heterocycles. The zero-order valence-electron chi connectivity index (χ0n) is 16.2. The number of allylic oxidation sites excluding steroid dienone is 3. The number of thiophene rings is 1. The number of aryl methyl sites for hydroxylation is 1. The van der Waals surface area contributed by atoms with Gasteiger partial charge in [-0.15, -0.1) is 11.3 Å². The first-order valence-corrected chi connectivity index (χ1v) is 10.1. The van der Waals surface area contributed by atoms with Crippen LogP contribution < -0.4 is 10.6 Å². The summed E-state index contributed by atoms with van der Waals surface area (Å²) in [4.78, 5) is 21.5. The Morgan fingerprint density at radius 3 is 2.71 bits per heavy atom. The number of Topliss-reactive ketones (excluding diaryl/α,β-unsaturated/α-hetero) is 1. The third-order valence-electron chi connectivity index (χ3n) is 5.33. The molecule has 0 unspecified atom stereocenters. The molecule has 1 aliphatic carbocycles. The number of hydrogen-bond acceptors (Lipinski definition) is 6. The van der Waals surface area contributed by atoms with Gasteiger partial charge in [0.1, 0.15) is 5.82 Å². The number of ketones is 1. The van der Waals surface area contributed by atoms with Crippen molar-refractivity contribution in [3.8, 4) is 6.07 Å². The van der Waals surface area contributed by atoms with Gasteiger partial charge in [0.25, 0.3) is 0 Å². The molecular formula is C22H22N4OS. The molecule has 6 heteroatoms. The number of carbonyl (C=O) groups is 1. The maximum atomic E-state index is 13.3. The summed E-state index contributed by atoms with van der Waals surface area (Å²) in [6, 6.07) is 10.1. The molecule has 2 aliphatic rings. The minimum atomic E-state index is -0.393. The van der Waals surface area contributed by atoms with Crippen LogP contribution in [0.3, 0.4) is 0 Å². The number of carbonyl (C=O) groups excluding carboxylic acids is 1. The van der Waals surface area contributed by atoms with Crippen LogP contribution in [-0.2, 0) is 4.79 Å². The Kier molecular flexibility index (Phi) is 4.35. The van der Waals surface area contributed by atoms with Crippen LogP contribution >= 0.6 is 11.3 Å². The predicted octanol–water partition coefficient (Wildman–Crippen LogP) is 4.39. The largest absolute Gasteiger partial charge is 0.384 e. The van der Waals surface area contributed by atoms with Crippen molar-refractivity contribution < 1.29 is 4.79 Å². The highest BCUT2D eigenvalue weighted by atomic mass is 32.1. The number of anilines is 1. The van der Waals surface area contributed by atoms with E-state index in [1.54, 1.807) is 23.7 Å². The van der Waals surface area contributed by atoms with Crippen molar-refractivity contribution in [1.29, 1.82) is 5.26 Å². The Bertz CT molecular complexity index is 1060. The molecule has 142 valence electrons. The van der Waals surface area contributed by atoms with E-state index in [0.29, 0.717) is 29.8 Å². The van der Waals surface area contributed by atoms with E-state index >= 15 is 0 Å². The van der Waals surface area contributed by atoms with E-state index < -0.39 is 5.92 Å². The molecule has 28 heavy (non-hydrogen) atoms. The first-order valence-electron chi connectivity index (χ1n) is 9.25. The van der Waals surface area contributed by atoms with Gasteiger partial charge < -0.3 is 5.73 Å². The van der Waals surface area contributed by atoms with Gasteiger partial charge in [0.05, 0.1) is 29.4 Å². The fourth-order valence-electron chi connectivity index (χ4n) is 4.18. The fraction of sp³-hybridized carbons (Fsp3) is 0.318. The quantitative estimate of drug-likeness (QED) is 0.822. The molecule has 2 aromatic heterocycles. The second-order valence-electron chi connectivity index (χ2n) is 8.14. The molecule has 0 radical (unpaired) electrons. The number of aromatic nitrogens is 1. The van der Waals surface area contributed by atoms with Gasteiger partial charge >= 0.3 is 0 Å². The predicted molar refractivity (Wildman–Crippen MR) is 110 cm³/mol. The highest BCUT2D eigenvalue weighted by Crippen LogP contribution is 2.50. The molecule has 0 aromatic carbocycles. The second kappa shape index (κ2) is 6.61. The van der Waals surface area contributed by atoms with Crippen molar-refractivity contribution >= 4 is 22.8 Å². The van der Waals surface area contributed by atoms with Crippen molar-refractivity contribution in [2.75, 3.05) is 4.90 Å². The number of nitrogens with zero attached hydrogens (tertiary/aromatic N) is 3. The molecule has 2 aromatic rings. The Labute approximate surface area is 168 Å². The van der Waals surface area contributed by atoms with E-state index in [1.165, 1.54) is 0 Å². The molecule has 0 spiro atoms. The summed E-state index contributed by atoms with van der Waals surface area (Å²) in [5.41, 5.74) is 9.18. The van der Waals surface area contributed by atoms with Gasteiger partial charge in [0, 0.05) is 33.6 Å². The Hall–Kier alpha value is -2.91. The molecule has 5 nitrogen and oxygen atoms in total. The van der Waals surface area contributed by atoms with Crippen LogP contribution in [-0.4, -0.2) is 10.8 Å². The van der Waals surface area contributed by atoms with E-state index in [9.17, 15) is 10.1 Å². The van der Waals surface area contributed by atoms with E-state index in [0.717, 1.165) is 21.1 Å². The van der Waals surface area contributed by atoms with E-state index in [2.05, 4.69) is 24.9 Å². The van der Waals surface area contributed by atoms with Crippen LogP contribution in [0.2, 0.25) is 0 Å². The molecule has 2 N–H and O–H groups in total. The van der Waals surface area contributed by atoms with Crippen LogP contribution in [0.4, 0.5) is 5.69 Å². The smallest absolute Gasteiger partial charge is 0.162 e. The summed E-state index contributed by atoms with van der Waals surface area (Å²) in [6.07, 6.45) is 4.59. The van der Waals surface area contributed by atoms with Crippen LogP contribution in [0.15, 0.2) is 59.3 Å². The SMILES string of the molecule is Cc1ccc([C@H]2C(C#N)=C(N)N(c3cccnc3)C3=C2C(=O)CC(C)(C)C3)s1. The fourth-order valence-corrected chi connectivity index (χ4v) is 5.18. The topological polar surface area (TPSA) is 83.0 Å². The molecule has 3 heterocycles. The van der Waals surface area contributed by atoms with Gasteiger partial charge in [-0.3, -0.25) is 14.7 Å². The molecule has 1 atom stereocenters. The molecule has 0 amide bonds. The Morgan fingerprint density at radius 2 is 2.11 bits per heavy atom. The molecule has 4 rings (SSSR count). The minimum absolute atomic E-state index is 0.0939. The van der Waals surface area contributed by atoms with Crippen molar-refractivity contribution in [3.05, 3.63) is 69.1 Å². The zero-order valence-corrected chi connectivity index (χ0v) is 17.0. The zero-order chi connectivity index (χ0) is 20.1. The number of nitriles is 1. The van der Waals surface area contributed by atoms with Gasteiger partial charge in [0.15, 0.2) is 5.78 Å². The van der Waals surface area contributed by atoms with Crippen molar-refractivity contribution in [2.45, 2.75) is 39.5 Å². The maximum absolute atomic E-state index is 13.3. The van der Waals surface area contributed by atoms with Crippen LogP contribution in [0.1, 0.15) is 42.4 Å². The molecular weight excluding hydrogens is 368 g/mol. The number of nitrogens with two attached hydrogens (primary N) is 1. The highest BCUT2D eigenvalue weighted by Gasteiger charge is 2.45. The minimum Gasteiger partial charge on any atom is -0.384 e. The van der Waals surface area contributed by atoms with Crippen molar-refractivity contribution in [2.24, 2.45) is 11.1 Å². The summed E-state index contributed by atoms with van der Waals surface area (Å²) in [5, 5.41) is 9.98. The van der Waals surface area contributed by atoms with Gasteiger partial charge in [-0.05, 0) is 43.0 Å². The summed E-state index contributed by atoms with van der Waals surface area (Å²) in [7, 11) is 0. The lowest BCUT2D eigenvalue weighted by Gasteiger charge is -2.43. The third kappa shape index (κ3) is 2.92. The second-order valence-corrected chi connectivity index (χ2v) is 9.46. The Morgan fingerprint density at radius 1 is 1.32 bits per heavy atom. The van der Waals surface area contributed by atoms with Crippen molar-refractivity contribution in [3.63, 3.8) is 0 Å². The number of hydrogen-bond donors (Lipinski definition) is 1. The lowest BCUT2D eigenvalue weighted by atomic mass is 9.69. The molecule has 1 aliphatic heterocycles. The molecule has 0 fully saturated rings. The summed E-state index contributed by atoms with van der Waals surface area (Å²) in [6.45, 7) is 6.22. The van der Waals surface area contributed by atoms with E-state index in [4.69, 9.17) is 5.73 Å².